The number of pyridine rings is 1. The van der Waals surface area contributed by atoms with Gasteiger partial charge in [0, 0.05) is 18.5 Å². The highest BCUT2D eigenvalue weighted by Gasteiger charge is 1.84. The van der Waals surface area contributed by atoms with E-state index in [0.717, 1.165) is 12.0 Å². The van der Waals surface area contributed by atoms with Gasteiger partial charge in [0.05, 0.1) is 6.07 Å². The Kier molecular flexibility index (Phi) is 2.88. The summed E-state index contributed by atoms with van der Waals surface area (Å²) < 4.78 is 0. The number of hydrogen-bond acceptors (Lipinski definition) is 2. The molecule has 1 aromatic heterocycles. The average Bonchev–Trinajstić information content (AvgIpc) is 2.07. The Morgan fingerprint density at radius 1 is 1.64 bits per heavy atom. The second-order valence-corrected chi connectivity index (χ2v) is 2.10. The van der Waals surface area contributed by atoms with Crippen molar-refractivity contribution in [2.45, 2.75) is 6.42 Å². The summed E-state index contributed by atoms with van der Waals surface area (Å²) in [5.41, 5.74) is 1.12. The summed E-state index contributed by atoms with van der Waals surface area (Å²) in [6, 6.07) is 5.80. The van der Waals surface area contributed by atoms with Gasteiger partial charge in [0.25, 0.3) is 0 Å². The van der Waals surface area contributed by atoms with Crippen LogP contribution < -0.4 is 0 Å². The van der Waals surface area contributed by atoms with Crippen molar-refractivity contribution < 1.29 is 0 Å². The van der Waals surface area contributed by atoms with Crippen molar-refractivity contribution >= 4 is 0 Å². The highest BCUT2D eigenvalue weighted by Crippen LogP contribution is 1.96. The molecule has 0 aromatic carbocycles. The first-order chi connectivity index (χ1) is 5.43. The van der Waals surface area contributed by atoms with E-state index < -0.39 is 0 Å². The molecule has 2 nitrogen and oxygen atoms in total. The van der Waals surface area contributed by atoms with Gasteiger partial charge in [-0.25, -0.2) is 0 Å². The molecule has 11 heavy (non-hydrogen) atoms. The highest BCUT2D eigenvalue weighted by molar-refractivity contribution is 5.14. The van der Waals surface area contributed by atoms with Gasteiger partial charge < -0.3 is 0 Å². The first kappa shape index (κ1) is 7.49. The van der Waals surface area contributed by atoms with Crippen LogP contribution in [0.1, 0.15) is 5.56 Å². The molecular formula is C9H8N2. The minimum Gasteiger partial charge on any atom is -0.264 e. The van der Waals surface area contributed by atoms with E-state index in [2.05, 4.69) is 4.98 Å². The van der Waals surface area contributed by atoms with Crippen LogP contribution in [0.15, 0.2) is 36.7 Å². The van der Waals surface area contributed by atoms with Crippen molar-refractivity contribution in [2.24, 2.45) is 0 Å². The fourth-order valence-corrected chi connectivity index (χ4v) is 0.767. The van der Waals surface area contributed by atoms with Gasteiger partial charge in [0.2, 0.25) is 0 Å². The molecule has 0 atom stereocenters. The molecule has 0 bridgehead atoms. The molecule has 0 spiro atoms. The van der Waals surface area contributed by atoms with Crippen LogP contribution in [0.25, 0.3) is 0 Å². The van der Waals surface area contributed by atoms with E-state index in [1.807, 2.05) is 24.3 Å². The van der Waals surface area contributed by atoms with Crippen molar-refractivity contribution in [1.82, 2.24) is 4.98 Å². The maximum Gasteiger partial charge on any atom is 0.0908 e. The molecule has 0 aliphatic heterocycles. The van der Waals surface area contributed by atoms with Gasteiger partial charge in [0.15, 0.2) is 0 Å². The maximum atomic E-state index is 8.19. The summed E-state index contributed by atoms with van der Waals surface area (Å²) in [5.74, 6) is 0. The summed E-state index contributed by atoms with van der Waals surface area (Å²) in [6.07, 6.45) is 7.60. The van der Waals surface area contributed by atoms with Crippen molar-refractivity contribution in [3.05, 3.63) is 42.2 Å². The Labute approximate surface area is 65.8 Å². The van der Waals surface area contributed by atoms with Gasteiger partial charge in [-0.1, -0.05) is 12.1 Å². The van der Waals surface area contributed by atoms with Crippen molar-refractivity contribution in [1.29, 1.82) is 5.26 Å². The summed E-state index contributed by atoms with van der Waals surface area (Å²) in [5, 5.41) is 8.19. The predicted molar refractivity (Wildman–Crippen MR) is 42.7 cm³/mol. The summed E-state index contributed by atoms with van der Waals surface area (Å²) in [4.78, 5) is 3.95. The molecule has 0 fully saturated rings. The quantitative estimate of drug-likeness (QED) is 0.592. The smallest absolute Gasteiger partial charge is 0.0908 e. The third-order valence-electron chi connectivity index (χ3n) is 1.27. The third-order valence-corrected chi connectivity index (χ3v) is 1.27. The largest absolute Gasteiger partial charge is 0.264 e. The van der Waals surface area contributed by atoms with Gasteiger partial charge in [0.1, 0.15) is 0 Å². The molecule has 0 amide bonds. The standard InChI is InChI=1S/C9H8N2/c10-6-2-1-4-9-5-3-7-11-8-9/h1-3,5,7-8H,4H2. The van der Waals surface area contributed by atoms with E-state index in [4.69, 9.17) is 5.26 Å². The molecular weight excluding hydrogens is 136 g/mol. The SMILES string of the molecule is N#CC=CCc1cccnc1. The number of aromatic nitrogens is 1. The van der Waals surface area contributed by atoms with Crippen LogP contribution in [0.3, 0.4) is 0 Å². The lowest BCUT2D eigenvalue weighted by molar-refractivity contribution is 1.19. The third kappa shape index (κ3) is 2.63. The molecule has 0 aliphatic carbocycles. The number of hydrogen-bond donors (Lipinski definition) is 0. The van der Waals surface area contributed by atoms with Crippen LogP contribution in [0.5, 0.6) is 0 Å². The van der Waals surface area contributed by atoms with Gasteiger partial charge in [-0.3, -0.25) is 4.98 Å². The highest BCUT2D eigenvalue weighted by atomic mass is 14.6. The van der Waals surface area contributed by atoms with E-state index >= 15 is 0 Å². The molecule has 1 heterocycles. The fraction of sp³-hybridized carbons (Fsp3) is 0.111. The average molecular weight is 144 g/mol. The van der Waals surface area contributed by atoms with Crippen LogP contribution >= 0.6 is 0 Å². The van der Waals surface area contributed by atoms with E-state index in [-0.39, 0.29) is 0 Å². The van der Waals surface area contributed by atoms with Crippen LogP contribution in [0.4, 0.5) is 0 Å². The minimum absolute atomic E-state index is 0.779. The zero-order valence-electron chi connectivity index (χ0n) is 6.07. The Morgan fingerprint density at radius 3 is 3.18 bits per heavy atom. The van der Waals surface area contributed by atoms with Crippen LogP contribution in [-0.4, -0.2) is 4.98 Å². The van der Waals surface area contributed by atoms with Gasteiger partial charge >= 0.3 is 0 Å². The maximum absolute atomic E-state index is 8.19. The van der Waals surface area contributed by atoms with Gasteiger partial charge in [-0.2, -0.15) is 5.26 Å². The second-order valence-electron chi connectivity index (χ2n) is 2.10. The Bertz CT molecular complexity index is 269. The Morgan fingerprint density at radius 2 is 2.55 bits per heavy atom. The molecule has 1 rings (SSSR count). The minimum atomic E-state index is 0.779. The molecule has 0 saturated carbocycles. The van der Waals surface area contributed by atoms with Crippen molar-refractivity contribution in [3.63, 3.8) is 0 Å². The monoisotopic (exact) mass is 144 g/mol. The lowest BCUT2D eigenvalue weighted by Gasteiger charge is -1.90. The van der Waals surface area contributed by atoms with Crippen molar-refractivity contribution in [2.75, 3.05) is 0 Å². The summed E-state index contributed by atoms with van der Waals surface area (Å²) in [6.45, 7) is 0. The molecule has 2 heteroatoms. The van der Waals surface area contributed by atoms with Crippen LogP contribution in [0.2, 0.25) is 0 Å². The number of nitriles is 1. The lowest BCUT2D eigenvalue weighted by Crippen LogP contribution is -1.80. The first-order valence-electron chi connectivity index (χ1n) is 3.37. The zero-order chi connectivity index (χ0) is 7.94. The van der Waals surface area contributed by atoms with Crippen LogP contribution in [-0.2, 0) is 6.42 Å². The lowest BCUT2D eigenvalue weighted by atomic mass is 10.2. The number of rotatable bonds is 2. The molecule has 54 valence electrons. The van der Waals surface area contributed by atoms with E-state index in [9.17, 15) is 0 Å². The second kappa shape index (κ2) is 4.24. The van der Waals surface area contributed by atoms with E-state index in [1.54, 1.807) is 12.4 Å². The number of nitrogens with zero attached hydrogens (tertiary/aromatic N) is 2. The molecule has 0 unspecified atom stereocenters. The fourth-order valence-electron chi connectivity index (χ4n) is 0.767. The van der Waals surface area contributed by atoms with E-state index in [1.165, 1.54) is 6.08 Å². The predicted octanol–water partition coefficient (Wildman–Crippen LogP) is 1.70. The molecule has 0 N–H and O–H groups in total. The zero-order valence-corrected chi connectivity index (χ0v) is 6.07. The van der Waals surface area contributed by atoms with Gasteiger partial charge in [-0.15, -0.1) is 0 Å². The molecule has 0 saturated heterocycles. The Balaban J connectivity index is 2.53. The number of allylic oxidation sites excluding steroid dienone is 2. The first-order valence-corrected chi connectivity index (χ1v) is 3.37. The van der Waals surface area contributed by atoms with Crippen molar-refractivity contribution in [3.8, 4) is 6.07 Å². The molecule has 1 aromatic rings. The van der Waals surface area contributed by atoms with Crippen LogP contribution in [0, 0.1) is 11.3 Å². The topological polar surface area (TPSA) is 36.7 Å². The normalized spacial score (nSPS) is 9.73. The molecule has 0 radical (unpaired) electrons. The Hall–Kier alpha value is -1.62. The summed E-state index contributed by atoms with van der Waals surface area (Å²) in [7, 11) is 0. The summed E-state index contributed by atoms with van der Waals surface area (Å²) >= 11 is 0. The van der Waals surface area contributed by atoms with Gasteiger partial charge in [-0.05, 0) is 18.1 Å². The van der Waals surface area contributed by atoms with E-state index in [0.29, 0.717) is 0 Å². The molecule has 0 aliphatic rings.